The summed E-state index contributed by atoms with van der Waals surface area (Å²) < 4.78 is 24.1. The van der Waals surface area contributed by atoms with Crippen molar-refractivity contribution in [1.29, 1.82) is 0 Å². The van der Waals surface area contributed by atoms with E-state index in [1.807, 2.05) is 13.8 Å². The summed E-state index contributed by atoms with van der Waals surface area (Å²) in [5.74, 6) is -0.833. The Bertz CT molecular complexity index is 240. The van der Waals surface area contributed by atoms with Crippen LogP contribution < -0.4 is 0 Å². The van der Waals surface area contributed by atoms with Gasteiger partial charge in [0, 0.05) is 33.5 Å². The monoisotopic (exact) mass is 308 g/mol. The number of hydrogen-bond acceptors (Lipinski definition) is 4. The Hall–Kier alpha value is -0.190. The molecule has 0 amide bonds. The average Bonchev–Trinajstić information content (AvgIpc) is 2.19. The van der Waals surface area contributed by atoms with Crippen LogP contribution in [0, 0.1) is 0 Å². The Morgan fingerprint density at radius 3 is 1.28 bits per heavy atom. The van der Waals surface area contributed by atoms with Crippen LogP contribution in [0.5, 0.6) is 0 Å². The second kappa shape index (κ2) is 14.9. The van der Waals surface area contributed by atoms with Crippen LogP contribution in [0.2, 0.25) is 0 Å². The van der Waals surface area contributed by atoms with Crippen LogP contribution in [0.3, 0.4) is 0 Å². The van der Waals surface area contributed by atoms with Gasteiger partial charge in [-0.25, -0.2) is 0 Å². The molecule has 0 aliphatic carbocycles. The number of aliphatic carboxylic acids is 1. The summed E-state index contributed by atoms with van der Waals surface area (Å²) in [5, 5.41) is 7.42. The van der Waals surface area contributed by atoms with Gasteiger partial charge < -0.3 is 19.4 Å². The number of rotatable bonds is 2. The maximum absolute atomic E-state index is 10.1. The summed E-state index contributed by atoms with van der Waals surface area (Å²) in [5.41, 5.74) is 0. The maximum Gasteiger partial charge on any atom is 0.324 e. The lowest BCUT2D eigenvalue weighted by Crippen LogP contribution is -1.78. The smallest absolute Gasteiger partial charge is 0.324 e. The van der Waals surface area contributed by atoms with Gasteiger partial charge in [-0.05, 0) is 0 Å². The molecule has 0 saturated heterocycles. The zero-order valence-corrected chi connectivity index (χ0v) is 13.9. The van der Waals surface area contributed by atoms with Crippen molar-refractivity contribution < 1.29 is 33.3 Å². The first kappa shape index (κ1) is 26.4. The maximum atomic E-state index is 10.1. The highest BCUT2D eigenvalue weighted by Gasteiger charge is 2.02. The molecule has 0 aromatic rings. The predicted molar refractivity (Wildman–Crippen MR) is 73.7 cm³/mol. The van der Waals surface area contributed by atoms with E-state index in [0.717, 1.165) is 13.6 Å². The van der Waals surface area contributed by atoms with Gasteiger partial charge in [0.25, 0.3) is 5.97 Å². The highest BCUT2D eigenvalue weighted by Crippen LogP contribution is 2.34. The Balaban J connectivity index is -0.0000000777. The minimum absolute atomic E-state index is 0.382. The first-order chi connectivity index (χ1) is 7.85. The van der Waals surface area contributed by atoms with E-state index in [1.165, 1.54) is 13.8 Å². The minimum atomic E-state index is -3.15. The van der Waals surface area contributed by atoms with E-state index in [1.54, 1.807) is 6.92 Å². The van der Waals surface area contributed by atoms with Crippen molar-refractivity contribution in [3.8, 4) is 0 Å². The van der Waals surface area contributed by atoms with E-state index in [2.05, 4.69) is 4.52 Å². The molecule has 0 aromatic heterocycles. The number of hydrogen-bond donors (Lipinski definition) is 3. The Morgan fingerprint density at radius 1 is 1.17 bits per heavy atom. The summed E-state index contributed by atoms with van der Waals surface area (Å²) in [4.78, 5) is 25.5. The number of carboxylic acid groups (broad SMARTS) is 1. The van der Waals surface area contributed by atoms with Crippen molar-refractivity contribution in [3.05, 3.63) is 0 Å². The van der Waals surface area contributed by atoms with Gasteiger partial charge in [0.05, 0.1) is 0 Å². The van der Waals surface area contributed by atoms with Crippen molar-refractivity contribution in [3.63, 3.8) is 0 Å². The second-order valence-corrected chi connectivity index (χ2v) is 7.58. The second-order valence-electron chi connectivity index (χ2n) is 2.87. The van der Waals surface area contributed by atoms with Crippen LogP contribution in [-0.2, 0) is 18.4 Å². The third kappa shape index (κ3) is 103. The first-order valence-electron chi connectivity index (χ1n) is 5.20. The lowest BCUT2D eigenvalue weighted by atomic mass is 10.9. The Kier molecular flexibility index (Phi) is 21.8. The fourth-order valence-corrected chi connectivity index (χ4v) is 0. The van der Waals surface area contributed by atoms with Crippen molar-refractivity contribution in [2.24, 2.45) is 0 Å². The van der Waals surface area contributed by atoms with Gasteiger partial charge in [0.1, 0.15) is 0 Å². The van der Waals surface area contributed by atoms with E-state index in [0.29, 0.717) is 6.16 Å². The standard InChI is InChI=1S/C3H9O2P.C2H7O3P.C2H4O2.C2H6/c1-3-6(2,4)5;1-5-6(2,3)4;1-2(3)4;1-2/h3H2,1-2H3,(H,4,5);1-2H3,(H,3,4);1H3,(H,3,4);1-2H3. The molecule has 0 heterocycles. The largest absolute Gasteiger partial charge is 0.481 e. The summed E-state index contributed by atoms with van der Waals surface area (Å²) >= 11 is 0. The van der Waals surface area contributed by atoms with Gasteiger partial charge in [-0.1, -0.05) is 20.8 Å². The summed E-state index contributed by atoms with van der Waals surface area (Å²) in [6, 6.07) is 0. The van der Waals surface area contributed by atoms with Crippen molar-refractivity contribution in [1.82, 2.24) is 0 Å². The van der Waals surface area contributed by atoms with Gasteiger partial charge in [0.2, 0.25) is 0 Å². The molecule has 0 fully saturated rings. The summed E-state index contributed by atoms with van der Waals surface area (Å²) in [6.07, 6.45) is 0.382. The fourth-order valence-electron chi connectivity index (χ4n) is 0. The van der Waals surface area contributed by atoms with Crippen molar-refractivity contribution in [2.75, 3.05) is 26.6 Å². The third-order valence-electron chi connectivity index (χ3n) is 0.926. The van der Waals surface area contributed by atoms with Crippen LogP contribution in [0.25, 0.3) is 0 Å². The van der Waals surface area contributed by atoms with Crippen LogP contribution in [0.1, 0.15) is 27.7 Å². The molecule has 3 N–H and O–H groups in total. The van der Waals surface area contributed by atoms with Gasteiger partial charge in [0.15, 0.2) is 7.37 Å². The molecule has 0 bridgehead atoms. The van der Waals surface area contributed by atoms with E-state index < -0.39 is 20.9 Å². The van der Waals surface area contributed by atoms with Gasteiger partial charge in [-0.2, -0.15) is 0 Å². The lowest BCUT2D eigenvalue weighted by molar-refractivity contribution is -0.134. The molecule has 18 heavy (non-hydrogen) atoms. The molecular weight excluding hydrogens is 282 g/mol. The molecule has 0 spiro atoms. The zero-order chi connectivity index (χ0) is 16.0. The zero-order valence-electron chi connectivity index (χ0n) is 12.1. The minimum Gasteiger partial charge on any atom is -0.481 e. The van der Waals surface area contributed by atoms with Crippen molar-refractivity contribution in [2.45, 2.75) is 27.7 Å². The topological polar surface area (TPSA) is 121 Å². The SMILES string of the molecule is CC.CC(=O)O.CCP(C)(=O)O.COP(C)(=O)O. The van der Waals surface area contributed by atoms with Crippen LogP contribution >= 0.6 is 15.0 Å². The molecule has 0 aliphatic rings. The first-order valence-corrected chi connectivity index (χ1v) is 9.52. The third-order valence-corrected chi connectivity index (χ3v) is 2.78. The molecule has 0 aromatic carbocycles. The van der Waals surface area contributed by atoms with E-state index in [-0.39, 0.29) is 0 Å². The van der Waals surface area contributed by atoms with Gasteiger partial charge >= 0.3 is 7.60 Å². The average molecular weight is 308 g/mol. The number of carbonyl (C=O) groups is 1. The quantitative estimate of drug-likeness (QED) is 0.670. The molecular formula is C9H26O7P2. The van der Waals surface area contributed by atoms with E-state index >= 15 is 0 Å². The fraction of sp³-hybridized carbons (Fsp3) is 0.889. The van der Waals surface area contributed by atoms with E-state index in [4.69, 9.17) is 19.7 Å². The van der Waals surface area contributed by atoms with Crippen LogP contribution in [0.15, 0.2) is 0 Å². The molecule has 0 radical (unpaired) electrons. The molecule has 2 unspecified atom stereocenters. The van der Waals surface area contributed by atoms with Crippen molar-refractivity contribution >= 4 is 20.9 Å². The normalized spacial score (nSPS) is 14.9. The molecule has 114 valence electrons. The Labute approximate surface area is 109 Å². The molecule has 9 heteroatoms. The van der Waals surface area contributed by atoms with Gasteiger partial charge in [-0.15, -0.1) is 0 Å². The molecule has 2 atom stereocenters. The Morgan fingerprint density at radius 2 is 1.28 bits per heavy atom. The lowest BCUT2D eigenvalue weighted by Gasteiger charge is -1.96. The highest BCUT2D eigenvalue weighted by molar-refractivity contribution is 7.57. The molecule has 0 rings (SSSR count). The summed E-state index contributed by atoms with van der Waals surface area (Å²) in [7, 11) is -4.60. The van der Waals surface area contributed by atoms with Crippen LogP contribution in [-0.4, -0.2) is 47.5 Å². The molecule has 0 aliphatic heterocycles. The summed E-state index contributed by atoms with van der Waals surface area (Å²) in [6.45, 7) is 9.26. The molecule has 7 nitrogen and oxygen atoms in total. The van der Waals surface area contributed by atoms with Crippen LogP contribution in [0.4, 0.5) is 0 Å². The predicted octanol–water partition coefficient (Wildman–Crippen LogP) is 2.47. The van der Waals surface area contributed by atoms with E-state index in [9.17, 15) is 9.13 Å². The number of carboxylic acids is 1. The van der Waals surface area contributed by atoms with Gasteiger partial charge in [-0.3, -0.25) is 13.9 Å². The molecule has 0 saturated carbocycles. The highest BCUT2D eigenvalue weighted by atomic mass is 31.2.